The number of amides is 4. The highest BCUT2D eigenvalue weighted by atomic mass is 16.2. The van der Waals surface area contributed by atoms with Gasteiger partial charge in [-0.1, -0.05) is 18.2 Å². The molecule has 2 N–H and O–H groups in total. The average Bonchev–Trinajstić information content (AvgIpc) is 3.27. The van der Waals surface area contributed by atoms with Crippen molar-refractivity contribution < 1.29 is 14.4 Å². The van der Waals surface area contributed by atoms with E-state index in [4.69, 9.17) is 0 Å². The van der Waals surface area contributed by atoms with Gasteiger partial charge in [0.15, 0.2) is 0 Å². The van der Waals surface area contributed by atoms with Crippen LogP contribution in [0.3, 0.4) is 0 Å². The molecule has 1 heterocycles. The predicted octanol–water partition coefficient (Wildman–Crippen LogP) is 2.65. The van der Waals surface area contributed by atoms with E-state index in [1.165, 1.54) is 11.1 Å². The molecule has 30 heavy (non-hydrogen) atoms. The minimum Gasteiger partial charge on any atom is -0.378 e. The maximum atomic E-state index is 13.1. The van der Waals surface area contributed by atoms with Crippen LogP contribution in [0.25, 0.3) is 0 Å². The zero-order valence-electron chi connectivity index (χ0n) is 17.5. The topological polar surface area (TPSA) is 81.8 Å². The van der Waals surface area contributed by atoms with Crippen LogP contribution < -0.4 is 15.5 Å². The Morgan fingerprint density at radius 1 is 1.10 bits per heavy atom. The number of aryl methyl sites for hydroxylation is 2. The van der Waals surface area contributed by atoms with Crippen molar-refractivity contribution in [3.63, 3.8) is 0 Å². The molecule has 0 saturated carbocycles. The number of nitrogens with one attached hydrogen (secondary N) is 2. The Balaban J connectivity index is 1.46. The molecule has 2 aromatic rings. The molecule has 1 aliphatic carbocycles. The van der Waals surface area contributed by atoms with Crippen molar-refractivity contribution in [2.75, 3.05) is 30.9 Å². The Kier molecular flexibility index (Phi) is 4.97. The predicted molar refractivity (Wildman–Crippen MR) is 115 cm³/mol. The van der Waals surface area contributed by atoms with Gasteiger partial charge in [-0.2, -0.15) is 0 Å². The molecule has 2 aromatic carbocycles. The summed E-state index contributed by atoms with van der Waals surface area (Å²) in [6.45, 7) is 1.36. The number of fused-ring (bicyclic) bond motifs is 1. The summed E-state index contributed by atoms with van der Waals surface area (Å²) in [5.41, 5.74) is 3.74. The third-order valence-corrected chi connectivity index (χ3v) is 5.92. The summed E-state index contributed by atoms with van der Waals surface area (Å²) in [6, 6.07) is 12.7. The minimum atomic E-state index is -1.16. The number of urea groups is 1. The molecule has 0 spiro atoms. The van der Waals surface area contributed by atoms with Crippen LogP contribution in [-0.4, -0.2) is 43.4 Å². The SMILES string of the molecule is CN(C)c1ccc(NC(=O)CN2C(=O)N[C@](C)(c3ccc4c(c3)CCC4)C2=O)cc1. The number of hydrogen-bond donors (Lipinski definition) is 2. The minimum absolute atomic E-state index is 0.333. The van der Waals surface area contributed by atoms with E-state index in [9.17, 15) is 14.4 Å². The third kappa shape index (κ3) is 3.51. The molecule has 1 saturated heterocycles. The average molecular weight is 406 g/mol. The van der Waals surface area contributed by atoms with Crippen LogP contribution in [-0.2, 0) is 28.0 Å². The summed E-state index contributed by atoms with van der Waals surface area (Å²) in [5.74, 6) is -0.835. The molecular formula is C23H26N4O3. The van der Waals surface area contributed by atoms with Crippen molar-refractivity contribution in [3.05, 3.63) is 59.2 Å². The molecule has 4 rings (SSSR count). The zero-order chi connectivity index (χ0) is 21.5. The smallest absolute Gasteiger partial charge is 0.325 e. The first-order valence-electron chi connectivity index (χ1n) is 10.1. The second-order valence-corrected chi connectivity index (χ2v) is 8.27. The molecule has 7 heteroatoms. The van der Waals surface area contributed by atoms with Gasteiger partial charge in [0.1, 0.15) is 12.1 Å². The lowest BCUT2D eigenvalue weighted by Crippen LogP contribution is -2.42. The lowest BCUT2D eigenvalue weighted by molar-refractivity contribution is -0.133. The molecule has 7 nitrogen and oxygen atoms in total. The second-order valence-electron chi connectivity index (χ2n) is 8.27. The van der Waals surface area contributed by atoms with E-state index >= 15 is 0 Å². The van der Waals surface area contributed by atoms with Crippen LogP contribution in [0.15, 0.2) is 42.5 Å². The van der Waals surface area contributed by atoms with E-state index in [0.717, 1.165) is 35.4 Å². The van der Waals surface area contributed by atoms with Crippen molar-refractivity contribution in [1.82, 2.24) is 10.2 Å². The number of carbonyl (C=O) groups excluding carboxylic acids is 3. The number of carbonyl (C=O) groups is 3. The normalized spacial score (nSPS) is 20.2. The molecule has 0 aromatic heterocycles. The fourth-order valence-corrected chi connectivity index (χ4v) is 4.11. The molecule has 0 unspecified atom stereocenters. The van der Waals surface area contributed by atoms with Crippen LogP contribution in [0.1, 0.15) is 30.0 Å². The van der Waals surface area contributed by atoms with E-state index in [-0.39, 0.29) is 6.54 Å². The van der Waals surface area contributed by atoms with Gasteiger partial charge in [0.25, 0.3) is 5.91 Å². The first kappa shape index (κ1) is 19.9. The first-order chi connectivity index (χ1) is 14.3. The number of benzene rings is 2. The quantitative estimate of drug-likeness (QED) is 0.748. The van der Waals surface area contributed by atoms with E-state index < -0.39 is 23.4 Å². The number of anilines is 2. The molecule has 1 atom stereocenters. The van der Waals surface area contributed by atoms with Crippen molar-refractivity contribution in [2.45, 2.75) is 31.7 Å². The van der Waals surface area contributed by atoms with Crippen molar-refractivity contribution in [3.8, 4) is 0 Å². The number of imide groups is 1. The summed E-state index contributed by atoms with van der Waals surface area (Å²) in [7, 11) is 3.87. The van der Waals surface area contributed by atoms with E-state index in [1.54, 1.807) is 19.1 Å². The summed E-state index contributed by atoms with van der Waals surface area (Å²) >= 11 is 0. The van der Waals surface area contributed by atoms with Gasteiger partial charge < -0.3 is 15.5 Å². The van der Waals surface area contributed by atoms with Gasteiger partial charge in [0.2, 0.25) is 5.91 Å². The monoisotopic (exact) mass is 406 g/mol. The molecule has 156 valence electrons. The fourth-order valence-electron chi connectivity index (χ4n) is 4.11. The maximum Gasteiger partial charge on any atom is 0.325 e. The third-order valence-electron chi connectivity index (χ3n) is 5.92. The Hall–Kier alpha value is -3.35. The van der Waals surface area contributed by atoms with Crippen LogP contribution in [0, 0.1) is 0 Å². The highest BCUT2D eigenvalue weighted by molar-refractivity contribution is 6.10. The first-order valence-corrected chi connectivity index (χ1v) is 10.1. The van der Waals surface area contributed by atoms with E-state index in [0.29, 0.717) is 5.69 Å². The van der Waals surface area contributed by atoms with Crippen molar-refractivity contribution in [1.29, 1.82) is 0 Å². The molecule has 0 bridgehead atoms. The van der Waals surface area contributed by atoms with Gasteiger partial charge in [-0.15, -0.1) is 0 Å². The molecule has 1 aliphatic heterocycles. The molecule has 1 fully saturated rings. The maximum absolute atomic E-state index is 13.1. The zero-order valence-corrected chi connectivity index (χ0v) is 17.5. The summed E-state index contributed by atoms with van der Waals surface area (Å²) in [6.07, 6.45) is 3.15. The van der Waals surface area contributed by atoms with Gasteiger partial charge in [-0.05, 0) is 67.1 Å². The largest absolute Gasteiger partial charge is 0.378 e. The van der Waals surface area contributed by atoms with E-state index in [2.05, 4.69) is 10.6 Å². The standard InChI is InChI=1S/C23H26N4O3/c1-23(17-8-7-15-5-4-6-16(15)13-17)21(29)27(22(30)25-23)14-20(28)24-18-9-11-19(12-10-18)26(2)3/h7-13H,4-6,14H2,1-3H3,(H,24,28)(H,25,30)/t23-/m1/s1. The summed E-state index contributed by atoms with van der Waals surface area (Å²) < 4.78 is 0. The molecule has 0 radical (unpaired) electrons. The number of nitrogens with zero attached hydrogens (tertiary/aromatic N) is 2. The summed E-state index contributed by atoms with van der Waals surface area (Å²) in [5, 5.41) is 5.52. The van der Waals surface area contributed by atoms with Crippen molar-refractivity contribution in [2.24, 2.45) is 0 Å². The summed E-state index contributed by atoms with van der Waals surface area (Å²) in [4.78, 5) is 41.1. The number of rotatable bonds is 5. The van der Waals surface area contributed by atoms with Gasteiger partial charge in [0.05, 0.1) is 0 Å². The lowest BCUT2D eigenvalue weighted by atomic mass is 9.89. The van der Waals surface area contributed by atoms with Gasteiger partial charge in [0, 0.05) is 25.5 Å². The lowest BCUT2D eigenvalue weighted by Gasteiger charge is -2.23. The second kappa shape index (κ2) is 7.48. The fraction of sp³-hybridized carbons (Fsp3) is 0.348. The van der Waals surface area contributed by atoms with Gasteiger partial charge in [-0.25, -0.2) is 4.79 Å². The Bertz CT molecular complexity index is 1020. The van der Waals surface area contributed by atoms with Crippen LogP contribution in [0.4, 0.5) is 16.2 Å². The Morgan fingerprint density at radius 2 is 1.80 bits per heavy atom. The van der Waals surface area contributed by atoms with Crippen LogP contribution >= 0.6 is 0 Å². The van der Waals surface area contributed by atoms with Crippen LogP contribution in [0.5, 0.6) is 0 Å². The Labute approximate surface area is 176 Å². The van der Waals surface area contributed by atoms with Crippen molar-refractivity contribution >= 4 is 29.2 Å². The molecular weight excluding hydrogens is 380 g/mol. The number of hydrogen-bond acceptors (Lipinski definition) is 4. The van der Waals surface area contributed by atoms with Crippen LogP contribution in [0.2, 0.25) is 0 Å². The molecule has 4 amide bonds. The Morgan fingerprint density at radius 3 is 2.50 bits per heavy atom. The highest BCUT2D eigenvalue weighted by Gasteiger charge is 2.49. The molecule has 2 aliphatic rings. The van der Waals surface area contributed by atoms with Gasteiger partial charge >= 0.3 is 6.03 Å². The van der Waals surface area contributed by atoms with E-state index in [1.807, 2.05) is 49.3 Å². The van der Waals surface area contributed by atoms with Gasteiger partial charge in [-0.3, -0.25) is 14.5 Å². The highest BCUT2D eigenvalue weighted by Crippen LogP contribution is 2.32.